The van der Waals surface area contributed by atoms with Crippen LogP contribution in [0.4, 0.5) is 0 Å². The number of oxime groups is 1. The van der Waals surface area contributed by atoms with Crippen LogP contribution >= 0.6 is 0 Å². The number of hydrogen-bond acceptors (Lipinski definition) is 2. The molecule has 0 spiro atoms. The molecule has 66 valence electrons. The summed E-state index contributed by atoms with van der Waals surface area (Å²) in [6.45, 7) is 2.04. The van der Waals surface area contributed by atoms with Crippen LogP contribution in [0.1, 0.15) is 11.1 Å². The number of H-pyrrole nitrogens is 1. The molecule has 0 aliphatic rings. The van der Waals surface area contributed by atoms with Crippen molar-refractivity contribution in [2.75, 3.05) is 0 Å². The van der Waals surface area contributed by atoms with Gasteiger partial charge >= 0.3 is 0 Å². The van der Waals surface area contributed by atoms with Crippen molar-refractivity contribution in [3.05, 3.63) is 35.5 Å². The maximum Gasteiger partial charge on any atom is 0.0755 e. The van der Waals surface area contributed by atoms with Gasteiger partial charge in [0.15, 0.2) is 0 Å². The summed E-state index contributed by atoms with van der Waals surface area (Å²) >= 11 is 0. The lowest BCUT2D eigenvalue weighted by atomic mass is 10.1. The van der Waals surface area contributed by atoms with Crippen LogP contribution in [-0.2, 0) is 0 Å². The molecule has 0 fully saturated rings. The van der Waals surface area contributed by atoms with Crippen molar-refractivity contribution in [3.8, 4) is 0 Å². The quantitative estimate of drug-likeness (QED) is 0.389. The summed E-state index contributed by atoms with van der Waals surface area (Å²) < 4.78 is 0. The summed E-state index contributed by atoms with van der Waals surface area (Å²) in [4.78, 5) is 3.11. The molecule has 3 nitrogen and oxygen atoms in total. The van der Waals surface area contributed by atoms with E-state index < -0.39 is 0 Å². The Balaban J connectivity index is 2.68. The largest absolute Gasteiger partial charge is 0.411 e. The van der Waals surface area contributed by atoms with Crippen LogP contribution in [0.5, 0.6) is 0 Å². The Kier molecular flexibility index (Phi) is 1.77. The van der Waals surface area contributed by atoms with Gasteiger partial charge in [0.2, 0.25) is 0 Å². The van der Waals surface area contributed by atoms with Gasteiger partial charge in [-0.2, -0.15) is 0 Å². The van der Waals surface area contributed by atoms with Crippen LogP contribution in [-0.4, -0.2) is 16.4 Å². The number of benzene rings is 1. The van der Waals surface area contributed by atoms with Gasteiger partial charge in [-0.1, -0.05) is 17.3 Å². The number of aromatic amines is 1. The van der Waals surface area contributed by atoms with Gasteiger partial charge in [0.25, 0.3) is 0 Å². The van der Waals surface area contributed by atoms with Gasteiger partial charge in [-0.3, -0.25) is 0 Å². The highest BCUT2D eigenvalue weighted by atomic mass is 16.4. The third-order valence-corrected chi connectivity index (χ3v) is 2.07. The third-order valence-electron chi connectivity index (χ3n) is 2.07. The van der Waals surface area contributed by atoms with E-state index in [9.17, 15) is 0 Å². The van der Waals surface area contributed by atoms with Crippen LogP contribution < -0.4 is 0 Å². The average Bonchev–Trinajstić information content (AvgIpc) is 2.49. The Morgan fingerprint density at radius 3 is 3.08 bits per heavy atom. The van der Waals surface area contributed by atoms with Crippen molar-refractivity contribution < 1.29 is 5.21 Å². The minimum Gasteiger partial charge on any atom is -0.411 e. The Hall–Kier alpha value is -1.77. The monoisotopic (exact) mass is 174 g/mol. The summed E-state index contributed by atoms with van der Waals surface area (Å²) in [5.74, 6) is 0. The van der Waals surface area contributed by atoms with E-state index in [-0.39, 0.29) is 0 Å². The zero-order valence-electron chi connectivity index (χ0n) is 7.28. The Bertz CT molecular complexity index is 457. The SMILES string of the molecule is Cc1ccc2c(/C=N/O)c[nH]c2c1. The van der Waals surface area contributed by atoms with Crippen LogP contribution in [0.2, 0.25) is 0 Å². The van der Waals surface area contributed by atoms with Gasteiger partial charge < -0.3 is 10.2 Å². The summed E-state index contributed by atoms with van der Waals surface area (Å²) in [5, 5.41) is 12.5. The molecule has 0 radical (unpaired) electrons. The molecule has 0 aliphatic heterocycles. The zero-order chi connectivity index (χ0) is 9.26. The molecule has 1 heterocycles. The second-order valence-electron chi connectivity index (χ2n) is 3.04. The molecule has 3 heteroatoms. The van der Waals surface area contributed by atoms with Gasteiger partial charge in [0, 0.05) is 22.7 Å². The lowest BCUT2D eigenvalue weighted by Crippen LogP contribution is -1.77. The minimum atomic E-state index is 0.900. The van der Waals surface area contributed by atoms with Gasteiger partial charge in [0.1, 0.15) is 0 Å². The number of nitrogens with zero attached hydrogens (tertiary/aromatic N) is 1. The minimum absolute atomic E-state index is 0.900. The molecule has 0 aliphatic carbocycles. The first-order valence-electron chi connectivity index (χ1n) is 4.06. The Morgan fingerprint density at radius 1 is 1.46 bits per heavy atom. The number of aryl methyl sites for hydroxylation is 1. The topological polar surface area (TPSA) is 48.4 Å². The van der Waals surface area contributed by atoms with Gasteiger partial charge in [0.05, 0.1) is 6.21 Å². The van der Waals surface area contributed by atoms with E-state index in [1.165, 1.54) is 11.8 Å². The molecule has 2 N–H and O–H groups in total. The highest BCUT2D eigenvalue weighted by molar-refractivity contribution is 5.98. The molecule has 2 aromatic rings. The molecular formula is C10H10N2O. The molecule has 0 saturated heterocycles. The summed E-state index contributed by atoms with van der Waals surface area (Å²) in [5.41, 5.74) is 3.18. The number of nitrogens with one attached hydrogen (secondary N) is 1. The van der Waals surface area contributed by atoms with Crippen molar-refractivity contribution in [1.82, 2.24) is 4.98 Å². The molecule has 0 saturated carbocycles. The molecular weight excluding hydrogens is 164 g/mol. The van der Waals surface area contributed by atoms with E-state index in [4.69, 9.17) is 5.21 Å². The molecule has 0 atom stereocenters. The second-order valence-corrected chi connectivity index (χ2v) is 3.04. The van der Waals surface area contributed by atoms with Crippen molar-refractivity contribution in [2.24, 2.45) is 5.16 Å². The second kappa shape index (κ2) is 2.94. The van der Waals surface area contributed by atoms with E-state index >= 15 is 0 Å². The molecule has 1 aromatic carbocycles. The lowest BCUT2D eigenvalue weighted by molar-refractivity contribution is 0.322. The fourth-order valence-corrected chi connectivity index (χ4v) is 1.43. The first-order chi connectivity index (χ1) is 6.31. The molecule has 0 bridgehead atoms. The molecule has 0 amide bonds. The Morgan fingerprint density at radius 2 is 2.31 bits per heavy atom. The average molecular weight is 174 g/mol. The van der Waals surface area contributed by atoms with Crippen molar-refractivity contribution >= 4 is 17.1 Å². The number of hydrogen-bond donors (Lipinski definition) is 2. The first-order valence-corrected chi connectivity index (χ1v) is 4.06. The highest BCUT2D eigenvalue weighted by Crippen LogP contribution is 2.17. The molecule has 0 unspecified atom stereocenters. The predicted molar refractivity (Wildman–Crippen MR) is 52.4 cm³/mol. The maximum atomic E-state index is 8.41. The highest BCUT2D eigenvalue weighted by Gasteiger charge is 2.00. The normalized spacial score (nSPS) is 11.5. The van der Waals surface area contributed by atoms with Gasteiger partial charge in [-0.25, -0.2) is 0 Å². The van der Waals surface area contributed by atoms with Gasteiger partial charge in [-0.15, -0.1) is 0 Å². The van der Waals surface area contributed by atoms with Crippen LogP contribution in [0.15, 0.2) is 29.6 Å². The van der Waals surface area contributed by atoms with E-state index in [0.29, 0.717) is 0 Å². The predicted octanol–water partition coefficient (Wildman–Crippen LogP) is 2.28. The lowest BCUT2D eigenvalue weighted by Gasteiger charge is -1.92. The third kappa shape index (κ3) is 1.28. The van der Waals surface area contributed by atoms with Crippen molar-refractivity contribution in [1.29, 1.82) is 0 Å². The number of rotatable bonds is 1. The number of aromatic nitrogens is 1. The van der Waals surface area contributed by atoms with Crippen molar-refractivity contribution in [2.45, 2.75) is 6.92 Å². The first kappa shape index (κ1) is 7.86. The summed E-state index contributed by atoms with van der Waals surface area (Å²) in [7, 11) is 0. The smallest absolute Gasteiger partial charge is 0.0755 e. The van der Waals surface area contributed by atoms with E-state index in [2.05, 4.69) is 16.2 Å². The van der Waals surface area contributed by atoms with E-state index in [1.807, 2.05) is 25.3 Å². The molecule has 2 rings (SSSR count). The fraction of sp³-hybridized carbons (Fsp3) is 0.100. The Labute approximate surface area is 75.7 Å². The van der Waals surface area contributed by atoms with Gasteiger partial charge in [-0.05, 0) is 18.6 Å². The standard InChI is InChI=1S/C10H10N2O/c1-7-2-3-9-8(6-12-13)5-11-10(9)4-7/h2-6,11,13H,1H3/b12-6+. The van der Waals surface area contributed by atoms with E-state index in [0.717, 1.165) is 16.5 Å². The zero-order valence-corrected chi connectivity index (χ0v) is 7.28. The molecule has 1 aromatic heterocycles. The maximum absolute atomic E-state index is 8.41. The van der Waals surface area contributed by atoms with E-state index in [1.54, 1.807) is 0 Å². The summed E-state index contributed by atoms with van der Waals surface area (Å²) in [6, 6.07) is 6.10. The van der Waals surface area contributed by atoms with Crippen LogP contribution in [0.3, 0.4) is 0 Å². The number of fused-ring (bicyclic) bond motifs is 1. The van der Waals surface area contributed by atoms with Crippen LogP contribution in [0, 0.1) is 6.92 Å². The van der Waals surface area contributed by atoms with Crippen LogP contribution in [0.25, 0.3) is 10.9 Å². The van der Waals surface area contributed by atoms with Crippen molar-refractivity contribution in [3.63, 3.8) is 0 Å². The fourth-order valence-electron chi connectivity index (χ4n) is 1.43. The molecule has 13 heavy (non-hydrogen) atoms. The summed E-state index contributed by atoms with van der Waals surface area (Å²) in [6.07, 6.45) is 3.25.